The highest BCUT2D eigenvalue weighted by Gasteiger charge is 2.44. The Kier molecular flexibility index (Phi) is 2.85. The average molecular weight is 246 g/mol. The minimum atomic E-state index is -2.06. The standard InChI is InChI=1S/C12H10N2O4/c15-10(16)12(11(17)18)4-6-14-9(7-12)8-3-1-2-5-13-8/h1-7,14H,(H,15,16)(H,17,18). The number of carboxylic acid groups (broad SMARTS) is 2. The van der Waals surface area contributed by atoms with Crippen molar-refractivity contribution in [2.45, 2.75) is 0 Å². The highest BCUT2D eigenvalue weighted by molar-refractivity contribution is 6.04. The van der Waals surface area contributed by atoms with E-state index >= 15 is 0 Å². The van der Waals surface area contributed by atoms with E-state index in [4.69, 9.17) is 10.2 Å². The number of pyridine rings is 1. The Bertz CT molecular complexity index is 534. The van der Waals surface area contributed by atoms with Crippen LogP contribution in [0.5, 0.6) is 0 Å². The first kappa shape index (κ1) is 11.8. The number of nitrogens with zero attached hydrogens (tertiary/aromatic N) is 1. The molecule has 0 saturated heterocycles. The molecule has 0 radical (unpaired) electrons. The number of hydrogen-bond acceptors (Lipinski definition) is 4. The van der Waals surface area contributed by atoms with E-state index in [-0.39, 0.29) is 0 Å². The van der Waals surface area contributed by atoms with Crippen LogP contribution in [0.3, 0.4) is 0 Å². The van der Waals surface area contributed by atoms with Crippen molar-refractivity contribution in [2.75, 3.05) is 0 Å². The lowest BCUT2D eigenvalue weighted by molar-refractivity contribution is -0.157. The maximum absolute atomic E-state index is 11.2. The van der Waals surface area contributed by atoms with E-state index in [2.05, 4.69) is 10.3 Å². The second-order valence-corrected chi connectivity index (χ2v) is 3.73. The summed E-state index contributed by atoms with van der Waals surface area (Å²) in [6.07, 6.45) is 5.07. The van der Waals surface area contributed by atoms with Crippen LogP contribution in [0.15, 0.2) is 42.7 Å². The van der Waals surface area contributed by atoms with Crippen molar-refractivity contribution in [3.63, 3.8) is 0 Å². The fourth-order valence-corrected chi connectivity index (χ4v) is 1.61. The van der Waals surface area contributed by atoms with Gasteiger partial charge in [-0.1, -0.05) is 6.07 Å². The number of aliphatic carboxylic acids is 2. The van der Waals surface area contributed by atoms with Crippen molar-refractivity contribution < 1.29 is 19.8 Å². The Labute approximate surface area is 102 Å². The Morgan fingerprint density at radius 2 is 1.94 bits per heavy atom. The first-order chi connectivity index (χ1) is 8.56. The molecule has 6 heteroatoms. The van der Waals surface area contributed by atoms with Gasteiger partial charge < -0.3 is 15.5 Å². The molecule has 2 heterocycles. The van der Waals surface area contributed by atoms with Crippen molar-refractivity contribution in [3.8, 4) is 0 Å². The molecule has 0 fully saturated rings. The molecule has 3 N–H and O–H groups in total. The highest BCUT2D eigenvalue weighted by atomic mass is 16.4. The van der Waals surface area contributed by atoms with E-state index < -0.39 is 17.4 Å². The molecule has 1 aromatic rings. The molecule has 0 aromatic carbocycles. The zero-order valence-corrected chi connectivity index (χ0v) is 9.20. The van der Waals surface area contributed by atoms with Crippen LogP contribution in [0.4, 0.5) is 0 Å². The number of aromatic nitrogens is 1. The molecule has 18 heavy (non-hydrogen) atoms. The van der Waals surface area contributed by atoms with Gasteiger partial charge in [-0.3, -0.25) is 14.6 Å². The number of carbonyl (C=O) groups is 2. The smallest absolute Gasteiger partial charge is 0.329 e. The molecule has 1 aliphatic rings. The van der Waals surface area contributed by atoms with Gasteiger partial charge in [0.05, 0.1) is 11.4 Å². The molecule has 0 atom stereocenters. The monoisotopic (exact) mass is 246 g/mol. The van der Waals surface area contributed by atoms with Gasteiger partial charge in [0.2, 0.25) is 5.41 Å². The Balaban J connectivity index is 2.49. The largest absolute Gasteiger partial charge is 0.480 e. The first-order valence-corrected chi connectivity index (χ1v) is 5.11. The second-order valence-electron chi connectivity index (χ2n) is 3.73. The Morgan fingerprint density at radius 1 is 1.22 bits per heavy atom. The molecular formula is C12H10N2O4. The number of rotatable bonds is 3. The van der Waals surface area contributed by atoms with Crippen molar-refractivity contribution in [3.05, 3.63) is 48.4 Å². The van der Waals surface area contributed by atoms with Crippen molar-refractivity contribution in [1.82, 2.24) is 10.3 Å². The average Bonchev–Trinajstić information content (AvgIpc) is 2.39. The summed E-state index contributed by atoms with van der Waals surface area (Å²) in [6, 6.07) is 5.10. The van der Waals surface area contributed by atoms with Crippen LogP contribution in [0.2, 0.25) is 0 Å². The summed E-state index contributed by atoms with van der Waals surface area (Å²) in [5.74, 6) is -2.89. The third-order valence-corrected chi connectivity index (χ3v) is 2.61. The maximum Gasteiger partial charge on any atom is 0.329 e. The molecule has 6 nitrogen and oxygen atoms in total. The van der Waals surface area contributed by atoms with Crippen LogP contribution in [-0.4, -0.2) is 27.1 Å². The molecule has 0 bridgehead atoms. The van der Waals surface area contributed by atoms with E-state index in [0.717, 1.165) is 12.2 Å². The summed E-state index contributed by atoms with van der Waals surface area (Å²) in [7, 11) is 0. The SMILES string of the molecule is O=C(O)C1(C(=O)O)C=CNC(c2ccccn2)=C1. The number of nitrogens with one attached hydrogen (secondary N) is 1. The van der Waals surface area contributed by atoms with Crippen LogP contribution in [0.25, 0.3) is 5.70 Å². The van der Waals surface area contributed by atoms with E-state index in [1.54, 1.807) is 24.4 Å². The zero-order chi connectivity index (χ0) is 13.2. The van der Waals surface area contributed by atoms with Crippen LogP contribution in [-0.2, 0) is 9.59 Å². The lowest BCUT2D eigenvalue weighted by Gasteiger charge is -2.22. The minimum Gasteiger partial charge on any atom is -0.480 e. The number of dihydropyridines is 1. The molecular weight excluding hydrogens is 236 g/mol. The quantitative estimate of drug-likeness (QED) is 0.679. The van der Waals surface area contributed by atoms with E-state index in [9.17, 15) is 9.59 Å². The lowest BCUT2D eigenvalue weighted by atomic mass is 9.85. The summed E-state index contributed by atoms with van der Waals surface area (Å²) in [4.78, 5) is 26.4. The fraction of sp³-hybridized carbons (Fsp3) is 0.0833. The first-order valence-electron chi connectivity index (χ1n) is 5.11. The minimum absolute atomic E-state index is 0.350. The van der Waals surface area contributed by atoms with Crippen molar-refractivity contribution in [2.24, 2.45) is 5.41 Å². The van der Waals surface area contributed by atoms with Gasteiger partial charge in [0, 0.05) is 6.20 Å². The van der Waals surface area contributed by atoms with E-state index in [1.807, 2.05) is 0 Å². The normalized spacial score (nSPS) is 16.6. The van der Waals surface area contributed by atoms with E-state index in [1.165, 1.54) is 6.20 Å². The van der Waals surface area contributed by atoms with E-state index in [0.29, 0.717) is 11.4 Å². The Morgan fingerprint density at radius 3 is 2.50 bits per heavy atom. The summed E-state index contributed by atoms with van der Waals surface area (Å²) >= 11 is 0. The van der Waals surface area contributed by atoms with Gasteiger partial charge in [0.15, 0.2) is 0 Å². The van der Waals surface area contributed by atoms with Gasteiger partial charge in [-0.25, -0.2) is 0 Å². The summed E-state index contributed by atoms with van der Waals surface area (Å²) in [5, 5.41) is 21.0. The molecule has 0 saturated carbocycles. The Hall–Kier alpha value is -2.63. The molecule has 92 valence electrons. The van der Waals surface area contributed by atoms with Crippen LogP contribution in [0.1, 0.15) is 5.69 Å². The maximum atomic E-state index is 11.2. The summed E-state index contributed by atoms with van der Waals surface area (Å²) in [6.45, 7) is 0. The molecule has 1 aromatic heterocycles. The van der Waals surface area contributed by atoms with Gasteiger partial charge in [-0.15, -0.1) is 0 Å². The zero-order valence-electron chi connectivity index (χ0n) is 9.20. The molecule has 0 unspecified atom stereocenters. The van der Waals surface area contributed by atoms with Crippen LogP contribution >= 0.6 is 0 Å². The topological polar surface area (TPSA) is 99.5 Å². The molecule has 0 spiro atoms. The van der Waals surface area contributed by atoms with Gasteiger partial charge in [0.25, 0.3) is 0 Å². The summed E-state index contributed by atoms with van der Waals surface area (Å²) in [5.41, 5.74) is -1.23. The molecule has 2 rings (SSSR count). The van der Waals surface area contributed by atoms with Gasteiger partial charge in [-0.2, -0.15) is 0 Å². The molecule has 0 aliphatic carbocycles. The van der Waals surface area contributed by atoms with Crippen LogP contribution in [0, 0.1) is 5.41 Å². The molecule has 1 aliphatic heterocycles. The third kappa shape index (κ3) is 1.84. The lowest BCUT2D eigenvalue weighted by Crippen LogP contribution is -2.38. The van der Waals surface area contributed by atoms with Crippen molar-refractivity contribution >= 4 is 17.6 Å². The number of carboxylic acids is 2. The third-order valence-electron chi connectivity index (χ3n) is 2.61. The highest BCUT2D eigenvalue weighted by Crippen LogP contribution is 2.29. The van der Waals surface area contributed by atoms with Gasteiger partial charge in [0.1, 0.15) is 0 Å². The van der Waals surface area contributed by atoms with Gasteiger partial charge in [-0.05, 0) is 30.5 Å². The summed E-state index contributed by atoms with van der Waals surface area (Å²) < 4.78 is 0. The fourth-order valence-electron chi connectivity index (χ4n) is 1.61. The predicted octanol–water partition coefficient (Wildman–Crippen LogP) is 0.695. The predicted molar refractivity (Wildman–Crippen MR) is 62.2 cm³/mol. The van der Waals surface area contributed by atoms with Crippen molar-refractivity contribution in [1.29, 1.82) is 0 Å². The van der Waals surface area contributed by atoms with Gasteiger partial charge >= 0.3 is 11.9 Å². The number of hydrogen-bond donors (Lipinski definition) is 3. The molecule has 0 amide bonds. The van der Waals surface area contributed by atoms with Crippen LogP contribution < -0.4 is 5.32 Å². The second kappa shape index (κ2) is 4.33.